The third-order valence-corrected chi connectivity index (χ3v) is 7.39. The molecule has 2 aromatic rings. The van der Waals surface area contributed by atoms with Crippen LogP contribution >= 0.6 is 11.6 Å². The summed E-state index contributed by atoms with van der Waals surface area (Å²) in [4.78, 5) is 38.3. The van der Waals surface area contributed by atoms with E-state index in [1.807, 2.05) is 30.3 Å². The van der Waals surface area contributed by atoms with Crippen LogP contribution in [0.15, 0.2) is 54.6 Å². The summed E-state index contributed by atoms with van der Waals surface area (Å²) < 4.78 is 17.3. The van der Waals surface area contributed by atoms with Crippen molar-refractivity contribution < 1.29 is 28.6 Å². The minimum absolute atomic E-state index is 0.0201. The van der Waals surface area contributed by atoms with Gasteiger partial charge in [0.1, 0.15) is 17.1 Å². The molecule has 0 N–H and O–H groups in total. The predicted octanol–water partition coefficient (Wildman–Crippen LogP) is 4.27. The average molecular weight is 467 g/mol. The Balaban J connectivity index is 1.72. The van der Waals surface area contributed by atoms with Crippen molar-refractivity contribution in [1.29, 1.82) is 0 Å². The Morgan fingerprint density at radius 3 is 2.61 bits per heavy atom. The van der Waals surface area contributed by atoms with Gasteiger partial charge in [0.05, 0.1) is 12.5 Å². The lowest BCUT2D eigenvalue weighted by molar-refractivity contribution is -0.183. The number of hydrogen-bond donors (Lipinski definition) is 0. The van der Waals surface area contributed by atoms with Crippen LogP contribution < -0.4 is 0 Å². The van der Waals surface area contributed by atoms with Crippen LogP contribution in [0.5, 0.6) is 0 Å². The van der Waals surface area contributed by atoms with Gasteiger partial charge >= 0.3 is 17.9 Å². The Kier molecular flexibility index (Phi) is 4.82. The van der Waals surface area contributed by atoms with Crippen molar-refractivity contribution in [3.63, 3.8) is 0 Å². The first kappa shape index (κ1) is 21.9. The molecular formula is C26H23ClO6. The zero-order valence-electron chi connectivity index (χ0n) is 18.5. The monoisotopic (exact) mass is 466 g/mol. The summed E-state index contributed by atoms with van der Waals surface area (Å²) in [6.07, 6.45) is -0.631. The Labute approximate surface area is 196 Å². The molecule has 1 heterocycles. The first-order valence-electron chi connectivity index (χ1n) is 10.8. The van der Waals surface area contributed by atoms with Crippen molar-refractivity contribution in [2.75, 3.05) is 6.61 Å². The van der Waals surface area contributed by atoms with E-state index in [1.54, 1.807) is 32.9 Å². The molecule has 5 unspecified atom stereocenters. The van der Waals surface area contributed by atoms with Gasteiger partial charge in [0.15, 0.2) is 0 Å². The van der Waals surface area contributed by atoms with Crippen LogP contribution in [0, 0.1) is 11.3 Å². The van der Waals surface area contributed by atoms with Gasteiger partial charge in [-0.3, -0.25) is 9.59 Å². The quantitative estimate of drug-likeness (QED) is 0.372. The molecule has 170 valence electrons. The van der Waals surface area contributed by atoms with Crippen molar-refractivity contribution in [2.45, 2.75) is 38.4 Å². The molecule has 1 aliphatic heterocycles. The lowest BCUT2D eigenvalue weighted by atomic mass is 9.46. The highest BCUT2D eigenvalue weighted by atomic mass is 35.5. The van der Waals surface area contributed by atoms with Gasteiger partial charge in [0, 0.05) is 16.5 Å². The minimum atomic E-state index is -1.35. The second-order valence-electron chi connectivity index (χ2n) is 9.17. The van der Waals surface area contributed by atoms with E-state index in [4.69, 9.17) is 25.8 Å². The van der Waals surface area contributed by atoms with Gasteiger partial charge in [-0.15, -0.1) is 0 Å². The molecule has 0 spiro atoms. The summed E-state index contributed by atoms with van der Waals surface area (Å²) in [6.45, 7) is 8.58. The number of hydrogen-bond acceptors (Lipinski definition) is 6. The van der Waals surface area contributed by atoms with Crippen LogP contribution in [0.4, 0.5) is 0 Å². The summed E-state index contributed by atoms with van der Waals surface area (Å²) in [7, 11) is 0. The normalized spacial score (nSPS) is 29.6. The molecule has 4 aliphatic rings. The smallest absolute Gasteiger partial charge is 0.333 e. The fourth-order valence-corrected chi connectivity index (χ4v) is 5.92. The van der Waals surface area contributed by atoms with E-state index < -0.39 is 40.9 Å². The fraction of sp³-hybridized carbons (Fsp3) is 0.346. The Morgan fingerprint density at radius 2 is 1.88 bits per heavy atom. The number of rotatable bonds is 5. The van der Waals surface area contributed by atoms with Crippen molar-refractivity contribution in [1.82, 2.24) is 0 Å². The van der Waals surface area contributed by atoms with Gasteiger partial charge in [-0.05, 0) is 55.2 Å². The third-order valence-electron chi connectivity index (χ3n) is 7.15. The number of halogens is 1. The Bertz CT molecular complexity index is 1240. The molecule has 0 radical (unpaired) electrons. The van der Waals surface area contributed by atoms with Crippen molar-refractivity contribution in [3.05, 3.63) is 81.9 Å². The van der Waals surface area contributed by atoms with Crippen LogP contribution in [0.3, 0.4) is 0 Å². The summed E-state index contributed by atoms with van der Waals surface area (Å²) >= 11 is 6.40. The average Bonchev–Trinajstić information content (AvgIpc) is 3.01. The Hall–Kier alpha value is -2.96. The number of carbonyl (C=O) groups is 3. The van der Waals surface area contributed by atoms with E-state index >= 15 is 0 Å². The molecule has 1 saturated heterocycles. The van der Waals surface area contributed by atoms with Gasteiger partial charge in [0.25, 0.3) is 0 Å². The third kappa shape index (κ3) is 2.74. The van der Waals surface area contributed by atoms with Gasteiger partial charge in [0.2, 0.25) is 0 Å². The molecular weight excluding hydrogens is 444 g/mol. The standard InChI is InChI=1S/C26H23ClO6/c1-13(2)22(28)32-14(3)12-31-26-18-8-6-5-7-16(18)20(17-10-9-15(27)11-19(17)26)21-23(29)33-24(30)25(21,26)4/h5-11,14,20-21H,1,12H2,2-4H3. The number of ether oxygens (including phenoxy) is 3. The molecule has 1 fully saturated rings. The van der Waals surface area contributed by atoms with Gasteiger partial charge in [-0.1, -0.05) is 48.5 Å². The number of carbonyl (C=O) groups excluding carboxylic acids is 3. The van der Waals surface area contributed by atoms with Crippen molar-refractivity contribution >= 4 is 29.5 Å². The van der Waals surface area contributed by atoms with Crippen molar-refractivity contribution in [3.8, 4) is 0 Å². The molecule has 0 aromatic heterocycles. The topological polar surface area (TPSA) is 78.9 Å². The second-order valence-corrected chi connectivity index (χ2v) is 9.61. The maximum Gasteiger partial charge on any atom is 0.333 e. The second kappa shape index (κ2) is 7.27. The summed E-state index contributed by atoms with van der Waals surface area (Å²) in [5.74, 6) is -2.82. The molecule has 2 aromatic carbocycles. The van der Waals surface area contributed by atoms with Crippen LogP contribution in [0.25, 0.3) is 0 Å². The Morgan fingerprint density at radius 1 is 1.18 bits per heavy atom. The highest BCUT2D eigenvalue weighted by molar-refractivity contribution is 6.30. The highest BCUT2D eigenvalue weighted by Gasteiger charge is 2.75. The molecule has 0 amide bonds. The summed E-state index contributed by atoms with van der Waals surface area (Å²) in [5, 5.41) is 0.487. The number of benzene rings is 2. The largest absolute Gasteiger partial charge is 0.457 e. The molecule has 6 nitrogen and oxygen atoms in total. The van der Waals surface area contributed by atoms with Gasteiger partial charge in [-0.25, -0.2) is 4.79 Å². The van der Waals surface area contributed by atoms with Gasteiger partial charge < -0.3 is 14.2 Å². The SMILES string of the molecule is C=C(C)C(=O)OC(C)COC12c3ccccc3C(c3ccc(Cl)cc31)C1C(=O)OC(=O)C12C. The number of esters is 3. The van der Waals surface area contributed by atoms with E-state index in [9.17, 15) is 14.4 Å². The van der Waals surface area contributed by atoms with E-state index in [1.165, 1.54) is 0 Å². The van der Waals surface area contributed by atoms with Crippen LogP contribution in [-0.2, 0) is 34.2 Å². The molecule has 6 rings (SSSR count). The molecule has 5 atom stereocenters. The van der Waals surface area contributed by atoms with Crippen LogP contribution in [0.2, 0.25) is 5.02 Å². The van der Waals surface area contributed by atoms with Gasteiger partial charge in [-0.2, -0.15) is 0 Å². The maximum absolute atomic E-state index is 13.3. The molecule has 2 bridgehead atoms. The molecule has 33 heavy (non-hydrogen) atoms. The fourth-order valence-electron chi connectivity index (χ4n) is 5.75. The van der Waals surface area contributed by atoms with Crippen LogP contribution in [0.1, 0.15) is 48.9 Å². The zero-order valence-corrected chi connectivity index (χ0v) is 19.3. The lowest BCUT2D eigenvalue weighted by Crippen LogP contribution is -2.62. The lowest BCUT2D eigenvalue weighted by Gasteiger charge is -2.58. The first-order chi connectivity index (χ1) is 15.6. The minimum Gasteiger partial charge on any atom is -0.457 e. The van der Waals surface area contributed by atoms with E-state index in [2.05, 4.69) is 6.58 Å². The van der Waals surface area contributed by atoms with Crippen molar-refractivity contribution in [2.24, 2.45) is 11.3 Å². The molecule has 3 aliphatic carbocycles. The summed E-state index contributed by atoms with van der Waals surface area (Å²) in [5.41, 5.74) is 0.899. The first-order valence-corrected chi connectivity index (χ1v) is 11.2. The van der Waals surface area contributed by atoms with E-state index in [0.29, 0.717) is 5.02 Å². The number of cyclic esters (lactones) is 2. The van der Waals surface area contributed by atoms with E-state index in [0.717, 1.165) is 22.3 Å². The highest BCUT2D eigenvalue weighted by Crippen LogP contribution is 2.69. The van der Waals surface area contributed by atoms with Crippen LogP contribution in [-0.4, -0.2) is 30.6 Å². The predicted molar refractivity (Wildman–Crippen MR) is 120 cm³/mol. The van der Waals surface area contributed by atoms with E-state index in [-0.39, 0.29) is 18.1 Å². The summed E-state index contributed by atoms with van der Waals surface area (Å²) in [6, 6.07) is 13.1. The molecule has 7 heteroatoms. The molecule has 0 saturated carbocycles. The maximum atomic E-state index is 13.3. The zero-order chi connectivity index (χ0) is 23.7.